The molecule has 0 fully saturated rings. The summed E-state index contributed by atoms with van der Waals surface area (Å²) in [6.45, 7) is 0. The molecule has 1 aromatic carbocycles. The number of ether oxygens (including phenoxy) is 1. The average Bonchev–Trinajstić information content (AvgIpc) is 2.19. The number of hydrogen-bond acceptors (Lipinski definition) is 2. The van der Waals surface area contributed by atoms with Crippen molar-refractivity contribution in [2.24, 2.45) is 0 Å². The second-order valence-corrected chi connectivity index (χ2v) is 3.45. The van der Waals surface area contributed by atoms with Crippen LogP contribution in [0.5, 0.6) is 5.75 Å². The van der Waals surface area contributed by atoms with E-state index in [-0.39, 0.29) is 5.91 Å². The van der Waals surface area contributed by atoms with Crippen LogP contribution in [0.3, 0.4) is 0 Å². The molecule has 0 spiro atoms. The molecule has 0 radical (unpaired) electrons. The van der Waals surface area contributed by atoms with Crippen LogP contribution in [0.1, 0.15) is 6.42 Å². The number of rotatable bonds is 2. The van der Waals surface area contributed by atoms with Crippen molar-refractivity contribution in [2.45, 2.75) is 12.5 Å². The number of carbonyl (C=O) groups excluding carboxylic acids is 1. The van der Waals surface area contributed by atoms with Crippen molar-refractivity contribution >= 4 is 23.2 Å². The van der Waals surface area contributed by atoms with E-state index >= 15 is 0 Å². The van der Waals surface area contributed by atoms with E-state index in [9.17, 15) is 4.79 Å². The first kappa shape index (κ1) is 9.34. The number of hydrogen-bond donors (Lipinski definition) is 1. The fourth-order valence-electron chi connectivity index (χ4n) is 1.38. The van der Waals surface area contributed by atoms with Crippen LogP contribution in [0, 0.1) is 0 Å². The van der Waals surface area contributed by atoms with Gasteiger partial charge in [0.2, 0.25) is 0 Å². The first-order chi connectivity index (χ1) is 6.81. The third-order valence-corrected chi connectivity index (χ3v) is 2.30. The number of fused-ring (bicyclic) bond motifs is 1. The van der Waals surface area contributed by atoms with Crippen LogP contribution in [0.25, 0.3) is 0 Å². The summed E-state index contributed by atoms with van der Waals surface area (Å²) in [5, 5.41) is 2.77. The van der Waals surface area contributed by atoms with Gasteiger partial charge in [-0.25, -0.2) is 0 Å². The van der Waals surface area contributed by atoms with Gasteiger partial charge in [0, 0.05) is 12.3 Å². The molecule has 0 aromatic heterocycles. The molecule has 2 rings (SSSR count). The molecule has 1 aliphatic heterocycles. The van der Waals surface area contributed by atoms with Gasteiger partial charge in [-0.2, -0.15) is 0 Å². The van der Waals surface area contributed by atoms with Crippen LogP contribution in [0.4, 0.5) is 5.69 Å². The normalized spacial score (nSPS) is 19.5. The molecule has 0 saturated carbocycles. The van der Waals surface area contributed by atoms with Gasteiger partial charge in [-0.3, -0.25) is 4.79 Å². The molecule has 1 N–H and O–H groups in total. The summed E-state index contributed by atoms with van der Waals surface area (Å²) in [6.07, 6.45) is 0.0734. The molecule has 74 valence electrons. The van der Waals surface area contributed by atoms with E-state index in [0.29, 0.717) is 18.1 Å². The van der Waals surface area contributed by atoms with E-state index in [1.54, 1.807) is 0 Å². The van der Waals surface area contributed by atoms with Gasteiger partial charge in [-0.05, 0) is 12.1 Å². The van der Waals surface area contributed by atoms with Crippen LogP contribution in [0.2, 0.25) is 0 Å². The zero-order chi connectivity index (χ0) is 9.97. The lowest BCUT2D eigenvalue weighted by molar-refractivity contribution is -0.123. The summed E-state index contributed by atoms with van der Waals surface area (Å²) in [6, 6.07) is 7.36. The van der Waals surface area contributed by atoms with Gasteiger partial charge in [0.25, 0.3) is 5.91 Å². The highest BCUT2D eigenvalue weighted by molar-refractivity contribution is 6.18. The van der Waals surface area contributed by atoms with Gasteiger partial charge in [0.15, 0.2) is 6.10 Å². The fourth-order valence-corrected chi connectivity index (χ4v) is 1.58. The minimum Gasteiger partial charge on any atom is -0.478 e. The van der Waals surface area contributed by atoms with Gasteiger partial charge in [0.05, 0.1) is 5.69 Å². The number of carbonyl (C=O) groups is 1. The highest BCUT2D eigenvalue weighted by Crippen LogP contribution is 2.29. The van der Waals surface area contributed by atoms with Crippen molar-refractivity contribution in [2.75, 3.05) is 11.2 Å². The Kier molecular flexibility index (Phi) is 2.59. The van der Waals surface area contributed by atoms with Crippen molar-refractivity contribution in [1.82, 2.24) is 0 Å². The Bertz CT molecular complexity index is 354. The summed E-state index contributed by atoms with van der Waals surface area (Å²) in [5.74, 6) is 1.01. The number of nitrogens with one attached hydrogen (secondary N) is 1. The number of halogens is 1. The minimum atomic E-state index is -0.456. The molecule has 3 nitrogen and oxygen atoms in total. The van der Waals surface area contributed by atoms with Crippen molar-refractivity contribution in [1.29, 1.82) is 0 Å². The average molecular weight is 212 g/mol. The summed E-state index contributed by atoms with van der Waals surface area (Å²) >= 11 is 5.57. The van der Waals surface area contributed by atoms with Gasteiger partial charge >= 0.3 is 0 Å². The van der Waals surface area contributed by atoms with Crippen LogP contribution in [0.15, 0.2) is 24.3 Å². The molecule has 1 atom stereocenters. The number of benzene rings is 1. The summed E-state index contributed by atoms with van der Waals surface area (Å²) < 4.78 is 5.49. The largest absolute Gasteiger partial charge is 0.478 e. The molecule has 1 amide bonds. The van der Waals surface area contributed by atoms with Crippen LogP contribution < -0.4 is 10.1 Å². The van der Waals surface area contributed by atoms with Crippen molar-refractivity contribution in [3.63, 3.8) is 0 Å². The predicted octanol–water partition coefficient (Wildman–Crippen LogP) is 2.01. The highest BCUT2D eigenvalue weighted by atomic mass is 35.5. The maximum Gasteiger partial charge on any atom is 0.265 e. The van der Waals surface area contributed by atoms with Gasteiger partial charge < -0.3 is 10.1 Å². The number of anilines is 1. The van der Waals surface area contributed by atoms with E-state index in [1.807, 2.05) is 24.3 Å². The Balaban J connectivity index is 2.22. The Hall–Kier alpha value is -1.22. The molecule has 0 aliphatic carbocycles. The van der Waals surface area contributed by atoms with Crippen molar-refractivity contribution in [3.05, 3.63) is 24.3 Å². The standard InChI is InChI=1S/C10H10ClNO2/c11-6-5-9-10(13)12-7-3-1-2-4-8(7)14-9/h1-4,9H,5-6H2,(H,12,13)/t9-/m1/s1. The lowest BCUT2D eigenvalue weighted by Gasteiger charge is -2.25. The first-order valence-electron chi connectivity index (χ1n) is 4.44. The SMILES string of the molecule is O=C1Nc2ccccc2O[C@@H]1CCCl. The van der Waals surface area contributed by atoms with E-state index in [4.69, 9.17) is 16.3 Å². The fraction of sp³-hybridized carbons (Fsp3) is 0.300. The van der Waals surface area contributed by atoms with Gasteiger partial charge in [0.1, 0.15) is 5.75 Å². The molecule has 1 aliphatic rings. The van der Waals surface area contributed by atoms with E-state index < -0.39 is 6.10 Å². The van der Waals surface area contributed by atoms with E-state index in [0.717, 1.165) is 5.69 Å². The zero-order valence-corrected chi connectivity index (χ0v) is 8.25. The number of amides is 1. The maximum absolute atomic E-state index is 11.5. The molecular weight excluding hydrogens is 202 g/mol. The Morgan fingerprint density at radius 1 is 1.43 bits per heavy atom. The highest BCUT2D eigenvalue weighted by Gasteiger charge is 2.26. The van der Waals surface area contributed by atoms with Crippen LogP contribution in [-0.4, -0.2) is 17.9 Å². The third kappa shape index (κ3) is 1.68. The minimum absolute atomic E-state index is 0.121. The number of alkyl halides is 1. The summed E-state index contributed by atoms with van der Waals surface area (Å²) in [4.78, 5) is 11.5. The Morgan fingerprint density at radius 2 is 2.21 bits per heavy atom. The second kappa shape index (κ2) is 3.88. The molecule has 1 aromatic rings. The monoisotopic (exact) mass is 211 g/mol. The van der Waals surface area contributed by atoms with Crippen LogP contribution >= 0.6 is 11.6 Å². The van der Waals surface area contributed by atoms with Gasteiger partial charge in [-0.15, -0.1) is 11.6 Å². The molecule has 14 heavy (non-hydrogen) atoms. The topological polar surface area (TPSA) is 38.3 Å². The lowest BCUT2D eigenvalue weighted by atomic mass is 10.2. The second-order valence-electron chi connectivity index (χ2n) is 3.07. The Labute approximate surface area is 87.0 Å². The molecule has 0 saturated heterocycles. The van der Waals surface area contributed by atoms with E-state index in [2.05, 4.69) is 5.32 Å². The predicted molar refractivity (Wildman–Crippen MR) is 54.8 cm³/mol. The molecule has 0 unspecified atom stereocenters. The van der Waals surface area contributed by atoms with Crippen molar-refractivity contribution < 1.29 is 9.53 Å². The Morgan fingerprint density at radius 3 is 3.00 bits per heavy atom. The number of para-hydroxylation sites is 2. The first-order valence-corrected chi connectivity index (χ1v) is 4.97. The van der Waals surface area contributed by atoms with Gasteiger partial charge in [-0.1, -0.05) is 12.1 Å². The maximum atomic E-state index is 11.5. The molecule has 1 heterocycles. The van der Waals surface area contributed by atoms with Crippen molar-refractivity contribution in [3.8, 4) is 5.75 Å². The summed E-state index contributed by atoms with van der Waals surface area (Å²) in [7, 11) is 0. The third-order valence-electron chi connectivity index (χ3n) is 2.08. The molecule has 0 bridgehead atoms. The lowest BCUT2D eigenvalue weighted by Crippen LogP contribution is -2.37. The summed E-state index contributed by atoms with van der Waals surface area (Å²) in [5.41, 5.74) is 0.725. The van der Waals surface area contributed by atoms with E-state index in [1.165, 1.54) is 0 Å². The molecular formula is C10H10ClNO2. The smallest absolute Gasteiger partial charge is 0.265 e. The molecule has 4 heteroatoms. The quantitative estimate of drug-likeness (QED) is 0.760. The zero-order valence-electron chi connectivity index (χ0n) is 7.50. The van der Waals surface area contributed by atoms with Crippen LogP contribution in [-0.2, 0) is 4.79 Å².